The fraction of sp³-hybridized carbons (Fsp3) is 0.875. The Kier molecular flexibility index (Phi) is 11.1. The van der Waals surface area contributed by atoms with Crippen LogP contribution in [0, 0.1) is 5.92 Å². The van der Waals surface area contributed by atoms with E-state index in [4.69, 9.17) is 4.52 Å². The molecule has 7 heteroatoms. The van der Waals surface area contributed by atoms with E-state index < -0.39 is 0 Å². The summed E-state index contributed by atoms with van der Waals surface area (Å²) < 4.78 is 8.51. The summed E-state index contributed by atoms with van der Waals surface area (Å²) in [4.78, 5) is 0. The monoisotopic (exact) mass is 377 g/mol. The first-order valence-corrected chi connectivity index (χ1v) is 11.6. The standard InChI is InChI=1S/C16H32N3OPS2/c21-20-11-4-2-1-3-10-19-23-22-16-7-5-6-14-12-17-18-13-15(14)8-9-16/h13-14,16-19H,1-12,21H2. The number of hydrogen-bond donors (Lipinski definition) is 3. The Balaban J connectivity index is 1.50. The zero-order valence-corrected chi connectivity index (χ0v) is 16.8. The summed E-state index contributed by atoms with van der Waals surface area (Å²) in [7, 11) is 6.23. The number of unbranched alkanes of at least 4 members (excludes halogenated alkanes) is 3. The molecule has 0 spiro atoms. The normalized spacial score (nSPS) is 25.0. The molecular weight excluding hydrogens is 345 g/mol. The molecule has 0 aromatic heterocycles. The van der Waals surface area contributed by atoms with Gasteiger partial charge in [-0.1, -0.05) is 30.1 Å². The average Bonchev–Trinajstić information content (AvgIpc) is 2.56. The van der Waals surface area contributed by atoms with Crippen LogP contribution in [-0.4, -0.2) is 24.9 Å². The lowest BCUT2D eigenvalue weighted by Gasteiger charge is -2.30. The summed E-state index contributed by atoms with van der Waals surface area (Å²) >= 11 is 0. The van der Waals surface area contributed by atoms with Gasteiger partial charge in [0.15, 0.2) is 0 Å². The molecule has 134 valence electrons. The predicted molar refractivity (Wildman–Crippen MR) is 107 cm³/mol. The van der Waals surface area contributed by atoms with E-state index in [1.807, 2.05) is 11.0 Å². The van der Waals surface area contributed by atoms with Crippen LogP contribution in [0.1, 0.15) is 57.8 Å². The molecule has 1 fully saturated rings. The van der Waals surface area contributed by atoms with Crippen LogP contribution in [0.5, 0.6) is 0 Å². The number of hydrogen-bond acceptors (Lipinski definition) is 6. The van der Waals surface area contributed by atoms with Crippen LogP contribution < -0.4 is 15.6 Å². The van der Waals surface area contributed by atoms with Crippen LogP contribution >= 0.6 is 31.2 Å². The lowest BCUT2D eigenvalue weighted by atomic mass is 9.86. The molecular formula is C16H32N3OPS2. The van der Waals surface area contributed by atoms with Gasteiger partial charge in [0.25, 0.3) is 0 Å². The van der Waals surface area contributed by atoms with Crippen molar-refractivity contribution in [3.8, 4) is 0 Å². The molecule has 0 saturated heterocycles. The smallest absolute Gasteiger partial charge is 0.0501 e. The van der Waals surface area contributed by atoms with Gasteiger partial charge in [-0.25, -0.2) is 5.43 Å². The van der Waals surface area contributed by atoms with Crippen LogP contribution in [0.25, 0.3) is 0 Å². The highest BCUT2D eigenvalue weighted by atomic mass is 33.1. The van der Waals surface area contributed by atoms with Crippen LogP contribution in [0.2, 0.25) is 0 Å². The van der Waals surface area contributed by atoms with E-state index in [0.29, 0.717) is 0 Å². The first kappa shape index (κ1) is 19.9. The fourth-order valence-electron chi connectivity index (χ4n) is 3.18. The van der Waals surface area contributed by atoms with Gasteiger partial charge in [0.1, 0.15) is 0 Å². The first-order chi connectivity index (χ1) is 11.4. The van der Waals surface area contributed by atoms with Crippen molar-refractivity contribution in [2.24, 2.45) is 5.92 Å². The van der Waals surface area contributed by atoms with E-state index in [-0.39, 0.29) is 0 Å². The molecule has 0 aromatic rings. The SMILES string of the molecule is POCCCCCCNSSC1CCCC2CNNC=C2CC1. The van der Waals surface area contributed by atoms with Gasteiger partial charge in [-0.3, -0.25) is 4.72 Å². The summed E-state index contributed by atoms with van der Waals surface area (Å²) in [6.45, 7) is 3.09. The fourth-order valence-corrected chi connectivity index (χ4v) is 5.69. The van der Waals surface area contributed by atoms with Gasteiger partial charge < -0.3 is 9.95 Å². The Morgan fingerprint density at radius 1 is 1.22 bits per heavy atom. The van der Waals surface area contributed by atoms with E-state index in [0.717, 1.165) is 30.9 Å². The lowest BCUT2D eigenvalue weighted by Crippen LogP contribution is -2.38. The van der Waals surface area contributed by atoms with Gasteiger partial charge in [-0.05, 0) is 61.0 Å². The van der Waals surface area contributed by atoms with E-state index in [1.165, 1.54) is 57.8 Å². The van der Waals surface area contributed by atoms with Gasteiger partial charge in [-0.2, -0.15) is 0 Å². The number of hydrazine groups is 1. The van der Waals surface area contributed by atoms with Crippen molar-refractivity contribution in [2.45, 2.75) is 63.0 Å². The lowest BCUT2D eigenvalue weighted by molar-refractivity contribution is 0.353. The second-order valence-electron chi connectivity index (χ2n) is 6.39. The third kappa shape index (κ3) is 8.46. The predicted octanol–water partition coefficient (Wildman–Crippen LogP) is 4.18. The number of rotatable bonds is 10. The number of nitrogens with one attached hydrogen (secondary N) is 3. The highest BCUT2D eigenvalue weighted by Crippen LogP contribution is 2.36. The Bertz CT molecular complexity index is 347. The quantitative estimate of drug-likeness (QED) is 0.230. The third-order valence-electron chi connectivity index (χ3n) is 4.60. The zero-order chi connectivity index (χ0) is 16.2. The second-order valence-corrected chi connectivity index (χ2v) is 9.12. The Hall–Kier alpha value is 0.550. The van der Waals surface area contributed by atoms with Crippen LogP contribution in [0.15, 0.2) is 11.8 Å². The van der Waals surface area contributed by atoms with Crippen molar-refractivity contribution in [1.82, 2.24) is 15.6 Å². The molecule has 3 atom stereocenters. The maximum absolute atomic E-state index is 4.99. The van der Waals surface area contributed by atoms with E-state index in [9.17, 15) is 0 Å². The Morgan fingerprint density at radius 3 is 3.04 bits per heavy atom. The minimum absolute atomic E-state index is 0.768. The molecule has 3 N–H and O–H groups in total. The highest BCUT2D eigenvalue weighted by Gasteiger charge is 2.22. The summed E-state index contributed by atoms with van der Waals surface area (Å²) in [5, 5.41) is 0.795. The molecule has 0 radical (unpaired) electrons. The third-order valence-corrected chi connectivity index (χ3v) is 7.46. The van der Waals surface area contributed by atoms with Crippen molar-refractivity contribution < 1.29 is 4.52 Å². The molecule has 0 amide bonds. The molecule has 1 aliphatic carbocycles. The van der Waals surface area contributed by atoms with Gasteiger partial charge in [0.05, 0.1) is 6.61 Å². The molecule has 2 rings (SSSR count). The van der Waals surface area contributed by atoms with Gasteiger partial charge in [-0.15, -0.1) is 0 Å². The first-order valence-electron chi connectivity index (χ1n) is 8.94. The van der Waals surface area contributed by atoms with E-state index >= 15 is 0 Å². The van der Waals surface area contributed by atoms with Crippen LogP contribution in [0.4, 0.5) is 0 Å². The molecule has 1 saturated carbocycles. The van der Waals surface area contributed by atoms with Crippen molar-refractivity contribution in [3.05, 3.63) is 11.8 Å². The molecule has 23 heavy (non-hydrogen) atoms. The number of fused-ring (bicyclic) bond motifs is 1. The Morgan fingerprint density at radius 2 is 2.13 bits per heavy atom. The largest absolute Gasteiger partial charge is 0.366 e. The van der Waals surface area contributed by atoms with Crippen molar-refractivity contribution in [1.29, 1.82) is 0 Å². The molecule has 4 nitrogen and oxygen atoms in total. The highest BCUT2D eigenvalue weighted by molar-refractivity contribution is 8.76. The second kappa shape index (κ2) is 12.8. The Labute approximate surface area is 151 Å². The topological polar surface area (TPSA) is 45.3 Å². The minimum Gasteiger partial charge on any atom is -0.366 e. The average molecular weight is 378 g/mol. The van der Waals surface area contributed by atoms with E-state index in [2.05, 4.69) is 42.0 Å². The summed E-state index contributed by atoms with van der Waals surface area (Å²) in [6, 6.07) is 0. The van der Waals surface area contributed by atoms with Crippen LogP contribution in [0.3, 0.4) is 0 Å². The van der Waals surface area contributed by atoms with Crippen molar-refractivity contribution in [2.75, 3.05) is 19.7 Å². The van der Waals surface area contributed by atoms with Crippen molar-refractivity contribution in [3.63, 3.8) is 0 Å². The molecule has 0 bridgehead atoms. The molecule has 1 heterocycles. The molecule has 3 unspecified atom stereocenters. The summed E-state index contributed by atoms with van der Waals surface area (Å²) in [5.41, 5.74) is 8.07. The maximum atomic E-state index is 4.99. The summed E-state index contributed by atoms with van der Waals surface area (Å²) in [6.07, 6.45) is 13.9. The van der Waals surface area contributed by atoms with Gasteiger partial charge in [0, 0.05) is 34.0 Å². The molecule has 1 aliphatic heterocycles. The molecule has 0 aromatic carbocycles. The maximum Gasteiger partial charge on any atom is 0.0501 e. The minimum atomic E-state index is 0.768. The molecule has 2 aliphatic rings. The summed E-state index contributed by atoms with van der Waals surface area (Å²) in [5.74, 6) is 0.768. The van der Waals surface area contributed by atoms with Crippen molar-refractivity contribution >= 4 is 31.2 Å². The van der Waals surface area contributed by atoms with Gasteiger partial charge in [0.2, 0.25) is 0 Å². The van der Waals surface area contributed by atoms with E-state index in [1.54, 1.807) is 5.57 Å². The van der Waals surface area contributed by atoms with Crippen LogP contribution in [-0.2, 0) is 4.52 Å². The van der Waals surface area contributed by atoms with Gasteiger partial charge >= 0.3 is 0 Å². The zero-order valence-electron chi connectivity index (χ0n) is 14.0.